The van der Waals surface area contributed by atoms with Gasteiger partial charge in [-0.05, 0) is 31.2 Å². The van der Waals surface area contributed by atoms with Gasteiger partial charge in [0, 0.05) is 7.05 Å². The fraction of sp³-hybridized carbons (Fsp3) is 0.300. The van der Waals surface area contributed by atoms with Crippen molar-refractivity contribution in [2.45, 2.75) is 13.0 Å². The number of aromatic nitrogens is 1. The van der Waals surface area contributed by atoms with Crippen LogP contribution in [0.4, 0.5) is 0 Å². The zero-order valence-corrected chi connectivity index (χ0v) is 16.8. The van der Waals surface area contributed by atoms with Crippen LogP contribution in [0.25, 0.3) is 10.2 Å². The van der Waals surface area contributed by atoms with Gasteiger partial charge in [0.1, 0.15) is 5.01 Å². The molecule has 142 valence electrons. The molecule has 0 fully saturated rings. The van der Waals surface area contributed by atoms with E-state index in [1.54, 1.807) is 42.5 Å². The Balaban J connectivity index is 1.94. The number of fused-ring (bicyclic) bond motifs is 1. The van der Waals surface area contributed by atoms with Crippen molar-refractivity contribution in [2.75, 3.05) is 28.4 Å². The fourth-order valence-electron chi connectivity index (χ4n) is 2.87. The van der Waals surface area contributed by atoms with Gasteiger partial charge >= 0.3 is 0 Å². The lowest BCUT2D eigenvalue weighted by molar-refractivity contribution is 0.0738. The van der Waals surface area contributed by atoms with E-state index in [9.17, 15) is 4.79 Å². The second-order valence-electron chi connectivity index (χ2n) is 5.99. The molecule has 0 radical (unpaired) electrons. The van der Waals surface area contributed by atoms with Crippen molar-refractivity contribution in [3.63, 3.8) is 0 Å². The standard InChI is InChI=1S/C20H22N2O4S/c1-12(19-21-14-8-6-7-9-16(14)27-19)22(2)20(23)13-10-11-15(24-3)18(26-5)17(13)25-4/h6-12H,1-5H3/t12-/m1/s1. The molecule has 1 aromatic heterocycles. The van der Waals surface area contributed by atoms with E-state index in [-0.39, 0.29) is 11.9 Å². The van der Waals surface area contributed by atoms with Crippen LogP contribution in [-0.2, 0) is 0 Å². The van der Waals surface area contributed by atoms with Crippen molar-refractivity contribution in [3.8, 4) is 17.2 Å². The summed E-state index contributed by atoms with van der Waals surface area (Å²) in [5, 5.41) is 0.881. The molecule has 0 saturated carbocycles. The van der Waals surface area contributed by atoms with E-state index in [4.69, 9.17) is 14.2 Å². The molecule has 2 aromatic carbocycles. The monoisotopic (exact) mass is 386 g/mol. The Kier molecular flexibility index (Phi) is 5.51. The van der Waals surface area contributed by atoms with E-state index in [1.165, 1.54) is 14.2 Å². The Hall–Kier alpha value is -2.80. The number of rotatable bonds is 6. The molecule has 0 aliphatic heterocycles. The third kappa shape index (κ3) is 3.42. The highest BCUT2D eigenvalue weighted by Crippen LogP contribution is 2.40. The molecule has 0 bridgehead atoms. The number of para-hydroxylation sites is 1. The number of ether oxygens (including phenoxy) is 3. The Labute approximate surface area is 162 Å². The minimum atomic E-state index is -0.187. The summed E-state index contributed by atoms with van der Waals surface area (Å²) in [7, 11) is 6.32. The lowest BCUT2D eigenvalue weighted by Crippen LogP contribution is -2.30. The summed E-state index contributed by atoms with van der Waals surface area (Å²) in [6, 6.07) is 11.1. The van der Waals surface area contributed by atoms with Crippen LogP contribution in [0.5, 0.6) is 17.2 Å². The maximum Gasteiger partial charge on any atom is 0.258 e. The molecule has 1 amide bonds. The lowest BCUT2D eigenvalue weighted by Gasteiger charge is -2.25. The number of methoxy groups -OCH3 is 3. The molecule has 3 rings (SSSR count). The summed E-state index contributed by atoms with van der Waals surface area (Å²) in [4.78, 5) is 19.5. The summed E-state index contributed by atoms with van der Waals surface area (Å²) >= 11 is 1.59. The smallest absolute Gasteiger partial charge is 0.258 e. The number of thiazole rings is 1. The summed E-state index contributed by atoms with van der Waals surface area (Å²) in [6.45, 7) is 1.96. The fourth-order valence-corrected chi connectivity index (χ4v) is 3.93. The van der Waals surface area contributed by atoms with Gasteiger partial charge in [0.15, 0.2) is 11.5 Å². The first-order chi connectivity index (χ1) is 13.0. The maximum atomic E-state index is 13.1. The number of carbonyl (C=O) groups is 1. The SMILES string of the molecule is COc1ccc(C(=O)N(C)[C@H](C)c2nc3ccccc3s2)c(OC)c1OC. The topological polar surface area (TPSA) is 60.9 Å². The highest BCUT2D eigenvalue weighted by Gasteiger charge is 2.27. The molecule has 0 saturated heterocycles. The van der Waals surface area contributed by atoms with Crippen LogP contribution in [0, 0.1) is 0 Å². The molecule has 6 nitrogen and oxygen atoms in total. The van der Waals surface area contributed by atoms with Gasteiger partial charge in [-0.2, -0.15) is 0 Å². The van der Waals surface area contributed by atoms with Crippen LogP contribution in [0.15, 0.2) is 36.4 Å². The zero-order chi connectivity index (χ0) is 19.6. The van der Waals surface area contributed by atoms with Gasteiger partial charge in [-0.15, -0.1) is 11.3 Å². The summed E-state index contributed by atoms with van der Waals surface area (Å²) in [5.41, 5.74) is 1.35. The van der Waals surface area contributed by atoms with Crippen LogP contribution in [-0.4, -0.2) is 44.2 Å². The minimum absolute atomic E-state index is 0.181. The molecule has 0 unspecified atom stereocenters. The van der Waals surface area contributed by atoms with Crippen LogP contribution >= 0.6 is 11.3 Å². The average Bonchev–Trinajstić information content (AvgIpc) is 3.14. The van der Waals surface area contributed by atoms with Gasteiger partial charge in [-0.25, -0.2) is 4.98 Å². The molecular weight excluding hydrogens is 364 g/mol. The zero-order valence-electron chi connectivity index (χ0n) is 16.0. The summed E-state index contributed by atoms with van der Waals surface area (Å²) in [5.74, 6) is 1.07. The third-order valence-corrected chi connectivity index (χ3v) is 5.71. The predicted octanol–water partition coefficient (Wildman–Crippen LogP) is 4.16. The number of benzene rings is 2. The average molecular weight is 386 g/mol. The van der Waals surface area contributed by atoms with Gasteiger partial charge in [-0.3, -0.25) is 4.79 Å². The van der Waals surface area contributed by atoms with Gasteiger partial charge in [-0.1, -0.05) is 12.1 Å². The molecule has 7 heteroatoms. The minimum Gasteiger partial charge on any atom is -0.493 e. The van der Waals surface area contributed by atoms with Gasteiger partial charge in [0.25, 0.3) is 5.91 Å². The Morgan fingerprint density at radius 3 is 2.37 bits per heavy atom. The number of amides is 1. The van der Waals surface area contributed by atoms with E-state index in [0.29, 0.717) is 22.8 Å². The van der Waals surface area contributed by atoms with Crippen LogP contribution < -0.4 is 14.2 Å². The first-order valence-corrected chi connectivity index (χ1v) is 9.25. The van der Waals surface area contributed by atoms with Crippen LogP contribution in [0.2, 0.25) is 0 Å². The quantitative estimate of drug-likeness (QED) is 0.637. The summed E-state index contributed by atoms with van der Waals surface area (Å²) < 4.78 is 17.2. The molecule has 1 heterocycles. The van der Waals surface area contributed by atoms with Crippen molar-refractivity contribution in [2.24, 2.45) is 0 Å². The van der Waals surface area contributed by atoms with E-state index >= 15 is 0 Å². The number of hydrogen-bond donors (Lipinski definition) is 0. The Morgan fingerprint density at radius 1 is 1.04 bits per heavy atom. The first kappa shape index (κ1) is 19.0. The van der Waals surface area contributed by atoms with E-state index in [1.807, 2.05) is 31.2 Å². The van der Waals surface area contributed by atoms with Gasteiger partial charge in [0.2, 0.25) is 5.75 Å². The van der Waals surface area contributed by atoms with Crippen molar-refractivity contribution in [1.29, 1.82) is 0 Å². The first-order valence-electron chi connectivity index (χ1n) is 8.43. The van der Waals surface area contributed by atoms with Gasteiger partial charge in [0.05, 0.1) is 43.2 Å². The van der Waals surface area contributed by atoms with E-state index in [0.717, 1.165) is 15.2 Å². The maximum absolute atomic E-state index is 13.1. The molecule has 27 heavy (non-hydrogen) atoms. The highest BCUT2D eigenvalue weighted by molar-refractivity contribution is 7.18. The second kappa shape index (κ2) is 7.84. The molecule has 0 spiro atoms. The number of carbonyl (C=O) groups excluding carboxylic acids is 1. The van der Waals surface area contributed by atoms with E-state index < -0.39 is 0 Å². The number of hydrogen-bond acceptors (Lipinski definition) is 6. The third-order valence-electron chi connectivity index (χ3n) is 4.50. The van der Waals surface area contributed by atoms with Crippen molar-refractivity contribution >= 4 is 27.5 Å². The van der Waals surface area contributed by atoms with E-state index in [2.05, 4.69) is 4.98 Å². The molecule has 0 N–H and O–H groups in total. The predicted molar refractivity (Wildman–Crippen MR) is 106 cm³/mol. The van der Waals surface area contributed by atoms with Crippen molar-refractivity contribution in [1.82, 2.24) is 9.88 Å². The normalized spacial score (nSPS) is 11.9. The van der Waals surface area contributed by atoms with Crippen LogP contribution in [0.1, 0.15) is 28.3 Å². The Bertz CT molecular complexity index is 937. The second-order valence-corrected chi connectivity index (χ2v) is 7.06. The molecule has 0 aliphatic carbocycles. The Morgan fingerprint density at radius 2 is 1.74 bits per heavy atom. The highest BCUT2D eigenvalue weighted by atomic mass is 32.1. The molecule has 1 atom stereocenters. The van der Waals surface area contributed by atoms with Gasteiger partial charge < -0.3 is 19.1 Å². The lowest BCUT2D eigenvalue weighted by atomic mass is 10.1. The largest absolute Gasteiger partial charge is 0.493 e. The summed E-state index contributed by atoms with van der Waals surface area (Å²) in [6.07, 6.45) is 0. The van der Waals surface area contributed by atoms with Crippen LogP contribution in [0.3, 0.4) is 0 Å². The van der Waals surface area contributed by atoms with Crippen molar-refractivity contribution < 1.29 is 19.0 Å². The number of nitrogens with zero attached hydrogens (tertiary/aromatic N) is 2. The molecule has 3 aromatic rings. The van der Waals surface area contributed by atoms with Crippen molar-refractivity contribution in [3.05, 3.63) is 47.0 Å². The molecular formula is C20H22N2O4S. The molecule has 0 aliphatic rings.